The molecular formula is C16H25N3O2. The van der Waals surface area contributed by atoms with Crippen LogP contribution in [0.4, 0.5) is 0 Å². The minimum atomic E-state index is 0.0238. The lowest BCUT2D eigenvalue weighted by Gasteiger charge is -2.49. The van der Waals surface area contributed by atoms with Crippen molar-refractivity contribution in [3.8, 4) is 0 Å². The number of furan rings is 1. The topological polar surface area (TPSA) is 39.9 Å². The Morgan fingerprint density at radius 2 is 2.05 bits per heavy atom. The van der Waals surface area contributed by atoms with Crippen LogP contribution in [0.5, 0.6) is 0 Å². The van der Waals surface area contributed by atoms with Crippen LogP contribution in [0, 0.1) is 0 Å². The molecule has 0 aromatic carbocycles. The Labute approximate surface area is 126 Å². The molecule has 0 unspecified atom stereocenters. The molecule has 0 N–H and O–H groups in total. The summed E-state index contributed by atoms with van der Waals surface area (Å²) in [6, 6.07) is 4.70. The van der Waals surface area contributed by atoms with Crippen molar-refractivity contribution < 1.29 is 9.21 Å². The van der Waals surface area contributed by atoms with Crippen molar-refractivity contribution in [3.05, 3.63) is 24.2 Å². The molecule has 3 heterocycles. The molecule has 5 nitrogen and oxygen atoms in total. The third-order valence-electron chi connectivity index (χ3n) is 4.87. The zero-order valence-corrected chi connectivity index (χ0v) is 13.0. The van der Waals surface area contributed by atoms with Gasteiger partial charge in [-0.1, -0.05) is 6.92 Å². The summed E-state index contributed by atoms with van der Waals surface area (Å²) in [5, 5.41) is 0. The van der Waals surface area contributed by atoms with Crippen molar-refractivity contribution in [2.75, 3.05) is 39.8 Å². The molecule has 2 saturated heterocycles. The molecule has 5 heteroatoms. The van der Waals surface area contributed by atoms with Crippen LogP contribution in [-0.4, -0.2) is 72.5 Å². The van der Waals surface area contributed by atoms with Crippen molar-refractivity contribution in [2.45, 2.75) is 31.8 Å². The summed E-state index contributed by atoms with van der Waals surface area (Å²) in [6.45, 7) is 7.34. The standard InChI is InChI=1S/C16H25N3O2/c1-3-19(13-6-8-17(2)9-7-13)14-11-18(12-14)16(20)15-5-4-10-21-15/h4-5,10,13-14H,3,6-9,11-12H2,1-2H3. The predicted octanol–water partition coefficient (Wildman–Crippen LogP) is 1.52. The Morgan fingerprint density at radius 3 is 2.62 bits per heavy atom. The number of nitrogens with zero attached hydrogens (tertiary/aromatic N) is 3. The SMILES string of the molecule is CCN(C1CCN(C)CC1)C1CN(C(=O)c2ccco2)C1. The molecule has 116 valence electrons. The summed E-state index contributed by atoms with van der Waals surface area (Å²) < 4.78 is 5.19. The lowest BCUT2D eigenvalue weighted by atomic mass is 9.98. The molecule has 2 fully saturated rings. The van der Waals surface area contributed by atoms with E-state index in [2.05, 4.69) is 23.8 Å². The van der Waals surface area contributed by atoms with Crippen LogP contribution in [-0.2, 0) is 0 Å². The first-order valence-electron chi connectivity index (χ1n) is 7.96. The van der Waals surface area contributed by atoms with Gasteiger partial charge < -0.3 is 14.2 Å². The Kier molecular flexibility index (Phi) is 4.31. The predicted molar refractivity (Wildman–Crippen MR) is 81.3 cm³/mol. The molecule has 2 aliphatic rings. The minimum absolute atomic E-state index is 0.0238. The Bertz CT molecular complexity index is 460. The van der Waals surface area contributed by atoms with E-state index in [1.165, 1.54) is 25.9 Å². The second kappa shape index (κ2) is 6.20. The molecule has 3 rings (SSSR count). The van der Waals surface area contributed by atoms with Crippen molar-refractivity contribution in [3.63, 3.8) is 0 Å². The van der Waals surface area contributed by atoms with Crippen molar-refractivity contribution in [1.29, 1.82) is 0 Å². The molecular weight excluding hydrogens is 266 g/mol. The van der Waals surface area contributed by atoms with E-state index in [0.717, 1.165) is 19.6 Å². The quantitative estimate of drug-likeness (QED) is 0.843. The second-order valence-electron chi connectivity index (χ2n) is 6.21. The van der Waals surface area contributed by atoms with Crippen LogP contribution in [0.15, 0.2) is 22.8 Å². The normalized spacial score (nSPS) is 21.8. The van der Waals surface area contributed by atoms with Crippen LogP contribution in [0.3, 0.4) is 0 Å². The summed E-state index contributed by atoms with van der Waals surface area (Å²) in [5.41, 5.74) is 0. The molecule has 1 aromatic rings. The summed E-state index contributed by atoms with van der Waals surface area (Å²) in [4.78, 5) is 19.1. The average molecular weight is 291 g/mol. The van der Waals surface area contributed by atoms with Crippen LogP contribution < -0.4 is 0 Å². The monoisotopic (exact) mass is 291 g/mol. The van der Waals surface area contributed by atoms with Gasteiger partial charge >= 0.3 is 0 Å². The van der Waals surface area contributed by atoms with E-state index in [1.54, 1.807) is 18.4 Å². The van der Waals surface area contributed by atoms with Gasteiger partial charge in [0.2, 0.25) is 0 Å². The van der Waals surface area contributed by atoms with E-state index in [9.17, 15) is 4.79 Å². The lowest BCUT2D eigenvalue weighted by molar-refractivity contribution is -0.00146. The molecule has 21 heavy (non-hydrogen) atoms. The van der Waals surface area contributed by atoms with E-state index in [4.69, 9.17) is 4.42 Å². The van der Waals surface area contributed by atoms with Gasteiger partial charge in [0, 0.05) is 25.2 Å². The fraction of sp³-hybridized carbons (Fsp3) is 0.688. The number of carbonyl (C=O) groups is 1. The highest BCUT2D eigenvalue weighted by molar-refractivity contribution is 5.92. The number of amides is 1. The first kappa shape index (κ1) is 14.6. The maximum atomic E-state index is 12.2. The minimum Gasteiger partial charge on any atom is -0.459 e. The van der Waals surface area contributed by atoms with Gasteiger partial charge in [-0.05, 0) is 51.7 Å². The van der Waals surface area contributed by atoms with Gasteiger partial charge in [0.05, 0.1) is 6.26 Å². The molecule has 0 aliphatic carbocycles. The first-order valence-corrected chi connectivity index (χ1v) is 7.96. The molecule has 2 aliphatic heterocycles. The van der Waals surface area contributed by atoms with Crippen molar-refractivity contribution in [1.82, 2.24) is 14.7 Å². The molecule has 1 amide bonds. The number of carbonyl (C=O) groups excluding carboxylic acids is 1. The maximum absolute atomic E-state index is 12.2. The van der Waals surface area contributed by atoms with E-state index in [1.807, 2.05) is 4.90 Å². The highest BCUT2D eigenvalue weighted by Crippen LogP contribution is 2.24. The van der Waals surface area contributed by atoms with E-state index < -0.39 is 0 Å². The van der Waals surface area contributed by atoms with Gasteiger partial charge in [0.15, 0.2) is 5.76 Å². The molecule has 0 saturated carbocycles. The molecule has 0 bridgehead atoms. The number of likely N-dealkylation sites (N-methyl/N-ethyl adjacent to an activating group) is 1. The summed E-state index contributed by atoms with van der Waals surface area (Å²) >= 11 is 0. The van der Waals surface area contributed by atoms with E-state index >= 15 is 0 Å². The summed E-state index contributed by atoms with van der Waals surface area (Å²) in [6.07, 6.45) is 4.04. The van der Waals surface area contributed by atoms with E-state index in [0.29, 0.717) is 17.8 Å². The highest BCUT2D eigenvalue weighted by atomic mass is 16.3. The smallest absolute Gasteiger partial charge is 0.289 e. The second-order valence-corrected chi connectivity index (χ2v) is 6.21. The zero-order chi connectivity index (χ0) is 14.8. The number of rotatable bonds is 4. The Morgan fingerprint density at radius 1 is 1.33 bits per heavy atom. The van der Waals surface area contributed by atoms with Gasteiger partial charge in [-0.15, -0.1) is 0 Å². The van der Waals surface area contributed by atoms with Crippen molar-refractivity contribution in [2.24, 2.45) is 0 Å². The van der Waals surface area contributed by atoms with Gasteiger partial charge in [-0.3, -0.25) is 9.69 Å². The van der Waals surface area contributed by atoms with Crippen LogP contribution in [0.25, 0.3) is 0 Å². The third-order valence-corrected chi connectivity index (χ3v) is 4.87. The highest BCUT2D eigenvalue weighted by Gasteiger charge is 2.38. The fourth-order valence-electron chi connectivity index (χ4n) is 3.53. The summed E-state index contributed by atoms with van der Waals surface area (Å²) in [7, 11) is 2.19. The fourth-order valence-corrected chi connectivity index (χ4v) is 3.53. The molecule has 0 spiro atoms. The van der Waals surface area contributed by atoms with Crippen molar-refractivity contribution >= 4 is 5.91 Å². The Hall–Kier alpha value is -1.33. The van der Waals surface area contributed by atoms with Gasteiger partial charge in [-0.25, -0.2) is 0 Å². The van der Waals surface area contributed by atoms with Gasteiger partial charge in [0.1, 0.15) is 0 Å². The number of hydrogen-bond acceptors (Lipinski definition) is 4. The van der Waals surface area contributed by atoms with Gasteiger partial charge in [-0.2, -0.15) is 0 Å². The maximum Gasteiger partial charge on any atom is 0.289 e. The van der Waals surface area contributed by atoms with Crippen LogP contribution >= 0.6 is 0 Å². The largest absolute Gasteiger partial charge is 0.459 e. The Balaban J connectivity index is 1.53. The molecule has 0 atom stereocenters. The first-order chi connectivity index (χ1) is 10.2. The van der Waals surface area contributed by atoms with Gasteiger partial charge in [0.25, 0.3) is 5.91 Å². The summed E-state index contributed by atoms with van der Waals surface area (Å²) in [5.74, 6) is 0.478. The number of hydrogen-bond donors (Lipinski definition) is 0. The third kappa shape index (κ3) is 2.99. The number of piperidine rings is 1. The number of likely N-dealkylation sites (tertiary alicyclic amines) is 2. The van der Waals surface area contributed by atoms with Crippen LogP contribution in [0.2, 0.25) is 0 Å². The molecule has 0 radical (unpaired) electrons. The lowest BCUT2D eigenvalue weighted by Crippen LogP contribution is -2.63. The van der Waals surface area contributed by atoms with E-state index in [-0.39, 0.29) is 5.91 Å². The zero-order valence-electron chi connectivity index (χ0n) is 13.0. The molecule has 1 aromatic heterocycles. The van der Waals surface area contributed by atoms with Crippen LogP contribution in [0.1, 0.15) is 30.3 Å². The average Bonchev–Trinajstić information content (AvgIpc) is 2.97.